The van der Waals surface area contributed by atoms with Crippen LogP contribution in [0.1, 0.15) is 26.2 Å². The summed E-state index contributed by atoms with van der Waals surface area (Å²) in [6, 6.07) is 4.12. The molecular weight excluding hydrogens is 259 g/mol. The molecule has 1 fully saturated rings. The van der Waals surface area contributed by atoms with E-state index in [0.29, 0.717) is 18.0 Å². The molecule has 1 unspecified atom stereocenters. The number of piperidine rings is 1. The predicted molar refractivity (Wildman–Crippen MR) is 76.6 cm³/mol. The van der Waals surface area contributed by atoms with Crippen molar-refractivity contribution in [2.75, 3.05) is 25.1 Å². The Morgan fingerprint density at radius 1 is 1.50 bits per heavy atom. The zero-order valence-corrected chi connectivity index (χ0v) is 12.0. The van der Waals surface area contributed by atoms with E-state index < -0.39 is 0 Å². The monoisotopic (exact) mass is 280 g/mol. The molecule has 1 aliphatic rings. The van der Waals surface area contributed by atoms with Crippen LogP contribution >= 0.6 is 0 Å². The maximum Gasteiger partial charge on any atom is 0.244 e. The summed E-state index contributed by atoms with van der Waals surface area (Å²) in [4.78, 5) is 14.2. The first-order chi connectivity index (χ1) is 9.67. The first-order valence-electron chi connectivity index (χ1n) is 7.05. The van der Waals surface area contributed by atoms with Crippen molar-refractivity contribution in [3.63, 3.8) is 0 Å². The molecular formula is C15H21FN2O2. The van der Waals surface area contributed by atoms with Crippen molar-refractivity contribution in [1.82, 2.24) is 5.32 Å². The van der Waals surface area contributed by atoms with Crippen LogP contribution in [0.2, 0.25) is 0 Å². The number of nitrogens with one attached hydrogen (secondary N) is 1. The van der Waals surface area contributed by atoms with Gasteiger partial charge in [0.05, 0.1) is 18.8 Å². The number of rotatable bonds is 5. The molecule has 0 aromatic heterocycles. The molecule has 0 radical (unpaired) electrons. The molecule has 1 atom stereocenters. The zero-order chi connectivity index (χ0) is 14.5. The Kier molecular flexibility index (Phi) is 4.95. The molecule has 110 valence electrons. The van der Waals surface area contributed by atoms with Crippen LogP contribution in [0.4, 0.5) is 10.1 Å². The summed E-state index contributed by atoms with van der Waals surface area (Å²) in [5.41, 5.74) is 0.641. The molecule has 0 bridgehead atoms. The quantitative estimate of drug-likeness (QED) is 0.900. The average Bonchev–Trinajstić information content (AvgIpc) is 2.46. The number of hydrogen-bond donors (Lipinski definition) is 1. The summed E-state index contributed by atoms with van der Waals surface area (Å²) in [5, 5.41) is 3.26. The van der Waals surface area contributed by atoms with Gasteiger partial charge in [-0.2, -0.15) is 0 Å². The van der Waals surface area contributed by atoms with Crippen molar-refractivity contribution < 1.29 is 13.9 Å². The van der Waals surface area contributed by atoms with E-state index in [4.69, 9.17) is 4.74 Å². The van der Waals surface area contributed by atoms with E-state index in [9.17, 15) is 9.18 Å². The van der Waals surface area contributed by atoms with Gasteiger partial charge in [-0.3, -0.25) is 4.79 Å². The van der Waals surface area contributed by atoms with E-state index >= 15 is 0 Å². The SMILES string of the molecule is CCCNC1CCCN(c2ccc(F)cc2OC)C1=O. The molecule has 1 saturated heterocycles. The number of ether oxygens (including phenoxy) is 1. The van der Waals surface area contributed by atoms with Gasteiger partial charge in [-0.25, -0.2) is 4.39 Å². The summed E-state index contributed by atoms with van der Waals surface area (Å²) in [6.07, 6.45) is 2.76. The number of halogens is 1. The van der Waals surface area contributed by atoms with Gasteiger partial charge in [0.1, 0.15) is 11.6 Å². The maximum atomic E-state index is 13.2. The summed E-state index contributed by atoms with van der Waals surface area (Å²) in [5.74, 6) is 0.0693. The highest BCUT2D eigenvalue weighted by atomic mass is 19.1. The topological polar surface area (TPSA) is 41.6 Å². The Morgan fingerprint density at radius 2 is 2.30 bits per heavy atom. The summed E-state index contributed by atoms with van der Waals surface area (Å²) in [6.45, 7) is 3.54. The smallest absolute Gasteiger partial charge is 0.244 e. The molecule has 20 heavy (non-hydrogen) atoms. The molecule has 0 spiro atoms. The fourth-order valence-electron chi connectivity index (χ4n) is 2.50. The Balaban J connectivity index is 2.21. The molecule has 1 aromatic carbocycles. The molecule has 0 aliphatic carbocycles. The minimum absolute atomic E-state index is 0.0367. The predicted octanol–water partition coefficient (Wildman–Crippen LogP) is 2.33. The zero-order valence-electron chi connectivity index (χ0n) is 12.0. The van der Waals surface area contributed by atoms with E-state index in [1.165, 1.54) is 19.2 Å². The lowest BCUT2D eigenvalue weighted by Gasteiger charge is -2.33. The third-order valence-electron chi connectivity index (χ3n) is 3.51. The van der Waals surface area contributed by atoms with Gasteiger partial charge in [-0.15, -0.1) is 0 Å². The summed E-state index contributed by atoms with van der Waals surface area (Å²) >= 11 is 0. The number of hydrogen-bond acceptors (Lipinski definition) is 3. The molecule has 4 nitrogen and oxygen atoms in total. The number of anilines is 1. The van der Waals surface area contributed by atoms with E-state index in [2.05, 4.69) is 12.2 Å². The Labute approximate surface area is 118 Å². The Bertz CT molecular complexity index is 479. The van der Waals surface area contributed by atoms with Crippen LogP contribution in [-0.2, 0) is 4.79 Å². The second kappa shape index (κ2) is 6.70. The molecule has 5 heteroatoms. The maximum absolute atomic E-state index is 13.2. The van der Waals surface area contributed by atoms with Crippen LogP contribution in [0.5, 0.6) is 5.75 Å². The van der Waals surface area contributed by atoms with E-state index in [1.54, 1.807) is 11.0 Å². The molecule has 1 amide bonds. The minimum atomic E-state index is -0.365. The van der Waals surface area contributed by atoms with Gasteiger partial charge < -0.3 is 15.0 Å². The Morgan fingerprint density at radius 3 is 3.00 bits per heavy atom. The first kappa shape index (κ1) is 14.8. The number of amides is 1. The van der Waals surface area contributed by atoms with Crippen molar-refractivity contribution >= 4 is 11.6 Å². The van der Waals surface area contributed by atoms with Crippen LogP contribution in [-0.4, -0.2) is 32.1 Å². The van der Waals surface area contributed by atoms with Gasteiger partial charge in [-0.1, -0.05) is 6.92 Å². The number of methoxy groups -OCH3 is 1. The fourth-order valence-corrected chi connectivity index (χ4v) is 2.50. The molecule has 1 heterocycles. The normalized spacial score (nSPS) is 19.2. The lowest BCUT2D eigenvalue weighted by atomic mass is 10.0. The molecule has 1 N–H and O–H groups in total. The summed E-state index contributed by atoms with van der Waals surface area (Å²) < 4.78 is 18.4. The van der Waals surface area contributed by atoms with Gasteiger partial charge in [0.25, 0.3) is 0 Å². The standard InChI is InChI=1S/C15H21FN2O2/c1-3-8-17-12-5-4-9-18(15(12)19)13-7-6-11(16)10-14(13)20-2/h6-7,10,12,17H,3-5,8-9H2,1-2H3. The van der Waals surface area contributed by atoms with E-state index in [0.717, 1.165) is 25.8 Å². The van der Waals surface area contributed by atoms with Gasteiger partial charge in [0.2, 0.25) is 5.91 Å². The van der Waals surface area contributed by atoms with Crippen molar-refractivity contribution in [1.29, 1.82) is 0 Å². The molecule has 2 rings (SSSR count). The fraction of sp³-hybridized carbons (Fsp3) is 0.533. The highest BCUT2D eigenvalue weighted by Crippen LogP contribution is 2.31. The molecule has 1 aromatic rings. The van der Waals surface area contributed by atoms with Crippen LogP contribution < -0.4 is 15.0 Å². The minimum Gasteiger partial charge on any atom is -0.494 e. The third-order valence-corrected chi connectivity index (χ3v) is 3.51. The Hall–Kier alpha value is -1.62. The van der Waals surface area contributed by atoms with Gasteiger partial charge in [0.15, 0.2) is 0 Å². The lowest BCUT2D eigenvalue weighted by molar-refractivity contribution is -0.121. The summed E-state index contributed by atoms with van der Waals surface area (Å²) in [7, 11) is 1.49. The van der Waals surface area contributed by atoms with E-state index in [-0.39, 0.29) is 17.8 Å². The van der Waals surface area contributed by atoms with E-state index in [1.807, 2.05) is 0 Å². The number of benzene rings is 1. The lowest BCUT2D eigenvalue weighted by Crippen LogP contribution is -2.51. The van der Waals surface area contributed by atoms with Crippen molar-refractivity contribution in [2.45, 2.75) is 32.2 Å². The third kappa shape index (κ3) is 3.10. The highest BCUT2D eigenvalue weighted by molar-refractivity contribution is 5.99. The van der Waals surface area contributed by atoms with Crippen LogP contribution in [0.25, 0.3) is 0 Å². The average molecular weight is 280 g/mol. The number of carbonyl (C=O) groups excluding carboxylic acids is 1. The van der Waals surface area contributed by atoms with Crippen LogP contribution in [0, 0.1) is 5.82 Å². The first-order valence-corrected chi connectivity index (χ1v) is 7.05. The number of nitrogens with zero attached hydrogens (tertiary/aromatic N) is 1. The van der Waals surface area contributed by atoms with Crippen molar-refractivity contribution in [3.05, 3.63) is 24.0 Å². The van der Waals surface area contributed by atoms with Gasteiger partial charge in [0, 0.05) is 12.6 Å². The van der Waals surface area contributed by atoms with Gasteiger partial charge >= 0.3 is 0 Å². The molecule has 0 saturated carbocycles. The van der Waals surface area contributed by atoms with Crippen molar-refractivity contribution in [2.24, 2.45) is 0 Å². The van der Waals surface area contributed by atoms with Crippen LogP contribution in [0.3, 0.4) is 0 Å². The largest absolute Gasteiger partial charge is 0.494 e. The van der Waals surface area contributed by atoms with Crippen LogP contribution in [0.15, 0.2) is 18.2 Å². The van der Waals surface area contributed by atoms with Gasteiger partial charge in [-0.05, 0) is 37.9 Å². The second-order valence-electron chi connectivity index (χ2n) is 4.95. The highest BCUT2D eigenvalue weighted by Gasteiger charge is 2.30. The molecule has 1 aliphatic heterocycles. The van der Waals surface area contributed by atoms with Crippen molar-refractivity contribution in [3.8, 4) is 5.75 Å². The second-order valence-corrected chi connectivity index (χ2v) is 4.95. The number of carbonyl (C=O) groups is 1.